The minimum Gasteiger partial charge on any atom is -0.394 e. The van der Waals surface area contributed by atoms with Gasteiger partial charge in [-0.3, -0.25) is 14.4 Å². The summed E-state index contributed by atoms with van der Waals surface area (Å²) in [4.78, 5) is 13.8. The Morgan fingerprint density at radius 3 is 2.76 bits per heavy atom. The third kappa shape index (κ3) is 4.46. The summed E-state index contributed by atoms with van der Waals surface area (Å²) < 4.78 is 1.92. The molecule has 25 heavy (non-hydrogen) atoms. The van der Waals surface area contributed by atoms with Gasteiger partial charge in [-0.15, -0.1) is 0 Å². The molecule has 1 aromatic heterocycles. The maximum atomic E-state index is 11.4. The number of hydrogen-bond acceptors (Lipinski definition) is 4. The fourth-order valence-electron chi connectivity index (χ4n) is 3.57. The van der Waals surface area contributed by atoms with Gasteiger partial charge in [0, 0.05) is 37.0 Å². The molecule has 0 atom stereocenters. The van der Waals surface area contributed by atoms with Crippen LogP contribution in [0.25, 0.3) is 0 Å². The summed E-state index contributed by atoms with van der Waals surface area (Å²) in [6.45, 7) is 5.10. The number of para-hydroxylation sites is 1. The number of hydrogen-bond donors (Lipinski definition) is 2. The summed E-state index contributed by atoms with van der Waals surface area (Å²) in [5.74, 6) is 0.458. The molecule has 0 bridgehead atoms. The zero-order chi connectivity index (χ0) is 17.6. The smallest absolute Gasteiger partial charge is 0.221 e. The molecule has 3 rings (SSSR count). The first kappa shape index (κ1) is 17.6. The van der Waals surface area contributed by atoms with Gasteiger partial charge in [0.25, 0.3) is 0 Å². The number of anilines is 1. The third-order valence-corrected chi connectivity index (χ3v) is 4.79. The number of carbonyl (C=O) groups excluding carboxylic acids is 1. The van der Waals surface area contributed by atoms with Gasteiger partial charge in [0.05, 0.1) is 13.2 Å². The van der Waals surface area contributed by atoms with Gasteiger partial charge >= 0.3 is 0 Å². The summed E-state index contributed by atoms with van der Waals surface area (Å²) in [5, 5.41) is 16.4. The molecule has 1 aromatic carbocycles. The zero-order valence-electron chi connectivity index (χ0n) is 14.7. The first-order chi connectivity index (χ1) is 12.2. The van der Waals surface area contributed by atoms with Crippen molar-refractivity contribution in [2.45, 2.75) is 38.8 Å². The van der Waals surface area contributed by atoms with Gasteiger partial charge in [-0.25, -0.2) is 0 Å². The van der Waals surface area contributed by atoms with Crippen LogP contribution in [0, 0.1) is 0 Å². The van der Waals surface area contributed by atoms with E-state index in [0.717, 1.165) is 43.7 Å². The van der Waals surface area contributed by atoms with Crippen LogP contribution in [0.1, 0.15) is 36.9 Å². The summed E-state index contributed by atoms with van der Waals surface area (Å²) in [5.41, 5.74) is 3.28. The first-order valence-electron chi connectivity index (χ1n) is 8.88. The van der Waals surface area contributed by atoms with Crippen molar-refractivity contribution in [1.29, 1.82) is 0 Å². The minimum atomic E-state index is -0.0386. The quantitative estimate of drug-likeness (QED) is 0.844. The monoisotopic (exact) mass is 342 g/mol. The summed E-state index contributed by atoms with van der Waals surface area (Å²) in [7, 11) is 0. The van der Waals surface area contributed by atoms with Crippen LogP contribution >= 0.6 is 0 Å². The molecule has 1 fully saturated rings. The fourth-order valence-corrected chi connectivity index (χ4v) is 3.57. The predicted molar refractivity (Wildman–Crippen MR) is 97.3 cm³/mol. The molecule has 134 valence electrons. The molecule has 6 heteroatoms. The van der Waals surface area contributed by atoms with Crippen LogP contribution < -0.4 is 5.32 Å². The highest BCUT2D eigenvalue weighted by atomic mass is 16.3. The van der Waals surface area contributed by atoms with Crippen molar-refractivity contribution in [3.8, 4) is 0 Å². The second-order valence-electron chi connectivity index (χ2n) is 6.59. The van der Waals surface area contributed by atoms with E-state index in [1.54, 1.807) is 0 Å². The largest absolute Gasteiger partial charge is 0.394 e. The molecular formula is C19H26N4O2. The first-order valence-corrected chi connectivity index (χ1v) is 8.88. The van der Waals surface area contributed by atoms with Crippen LogP contribution in [0.15, 0.2) is 36.5 Å². The van der Waals surface area contributed by atoms with Crippen molar-refractivity contribution in [2.75, 3.05) is 25.0 Å². The molecule has 6 nitrogen and oxygen atoms in total. The Morgan fingerprint density at radius 1 is 1.28 bits per heavy atom. The Kier molecular flexibility index (Phi) is 5.83. The van der Waals surface area contributed by atoms with Crippen molar-refractivity contribution in [3.63, 3.8) is 0 Å². The SMILES string of the molecule is CC(=O)Nc1ccccc1CN1CCC(c2ccnn2CCO)CC1. The Labute approximate surface area is 148 Å². The zero-order valence-corrected chi connectivity index (χ0v) is 14.7. The van der Waals surface area contributed by atoms with Crippen LogP contribution in [0.2, 0.25) is 0 Å². The molecule has 0 saturated carbocycles. The lowest BCUT2D eigenvalue weighted by molar-refractivity contribution is -0.114. The van der Waals surface area contributed by atoms with E-state index in [0.29, 0.717) is 12.5 Å². The number of nitrogens with zero attached hydrogens (tertiary/aromatic N) is 3. The molecule has 1 amide bonds. The Hall–Kier alpha value is -2.18. The van der Waals surface area contributed by atoms with E-state index in [4.69, 9.17) is 5.11 Å². The molecule has 0 spiro atoms. The van der Waals surface area contributed by atoms with Crippen LogP contribution in [-0.2, 0) is 17.9 Å². The molecule has 2 N–H and O–H groups in total. The number of likely N-dealkylation sites (tertiary alicyclic amines) is 1. The summed E-state index contributed by atoms with van der Waals surface area (Å²) >= 11 is 0. The topological polar surface area (TPSA) is 70.4 Å². The van der Waals surface area contributed by atoms with Crippen molar-refractivity contribution >= 4 is 11.6 Å². The fraction of sp³-hybridized carbons (Fsp3) is 0.474. The van der Waals surface area contributed by atoms with E-state index >= 15 is 0 Å². The Bertz CT molecular complexity index is 705. The Balaban J connectivity index is 1.60. The van der Waals surface area contributed by atoms with Gasteiger partial charge in [-0.1, -0.05) is 18.2 Å². The second kappa shape index (κ2) is 8.27. The lowest BCUT2D eigenvalue weighted by Gasteiger charge is -2.32. The number of aliphatic hydroxyl groups is 1. The van der Waals surface area contributed by atoms with Crippen molar-refractivity contribution in [2.24, 2.45) is 0 Å². The van der Waals surface area contributed by atoms with Crippen LogP contribution in [0.4, 0.5) is 5.69 Å². The molecule has 2 aromatic rings. The minimum absolute atomic E-state index is 0.0386. The van der Waals surface area contributed by atoms with Crippen molar-refractivity contribution < 1.29 is 9.90 Å². The lowest BCUT2D eigenvalue weighted by atomic mass is 9.93. The van der Waals surface area contributed by atoms with Crippen molar-refractivity contribution in [1.82, 2.24) is 14.7 Å². The van der Waals surface area contributed by atoms with Gasteiger partial charge in [0.15, 0.2) is 0 Å². The molecule has 1 aliphatic rings. The van der Waals surface area contributed by atoms with E-state index in [9.17, 15) is 4.79 Å². The number of nitrogens with one attached hydrogen (secondary N) is 1. The molecule has 1 aliphatic heterocycles. The number of amides is 1. The average molecular weight is 342 g/mol. The van der Waals surface area contributed by atoms with Crippen molar-refractivity contribution in [3.05, 3.63) is 47.8 Å². The van der Waals surface area contributed by atoms with E-state index in [1.165, 1.54) is 12.6 Å². The number of aliphatic hydroxyl groups excluding tert-OH is 1. The third-order valence-electron chi connectivity index (χ3n) is 4.79. The average Bonchev–Trinajstić information content (AvgIpc) is 3.06. The van der Waals surface area contributed by atoms with Crippen LogP contribution in [0.5, 0.6) is 0 Å². The molecule has 2 heterocycles. The number of rotatable bonds is 6. The highest BCUT2D eigenvalue weighted by molar-refractivity contribution is 5.89. The Morgan fingerprint density at radius 2 is 2.04 bits per heavy atom. The highest BCUT2D eigenvalue weighted by Crippen LogP contribution is 2.29. The number of piperidine rings is 1. The molecule has 0 aliphatic carbocycles. The van der Waals surface area contributed by atoms with E-state index in [-0.39, 0.29) is 12.5 Å². The highest BCUT2D eigenvalue weighted by Gasteiger charge is 2.23. The van der Waals surface area contributed by atoms with Gasteiger partial charge in [-0.05, 0) is 43.6 Å². The summed E-state index contributed by atoms with van der Waals surface area (Å²) in [6.07, 6.45) is 3.99. The van der Waals surface area contributed by atoms with Gasteiger partial charge < -0.3 is 10.4 Å². The van der Waals surface area contributed by atoms with Crippen LogP contribution in [0.3, 0.4) is 0 Å². The lowest BCUT2D eigenvalue weighted by Crippen LogP contribution is -2.33. The summed E-state index contributed by atoms with van der Waals surface area (Å²) in [6, 6.07) is 10.1. The predicted octanol–water partition coefficient (Wildman–Crippen LogP) is 2.21. The molecule has 0 unspecified atom stereocenters. The normalized spacial score (nSPS) is 16.1. The van der Waals surface area contributed by atoms with Crippen LogP contribution in [-0.4, -0.2) is 45.4 Å². The number of benzene rings is 1. The number of carbonyl (C=O) groups is 1. The van der Waals surface area contributed by atoms with Gasteiger partial charge in [0.2, 0.25) is 5.91 Å². The molecule has 0 radical (unpaired) electrons. The maximum absolute atomic E-state index is 11.4. The van der Waals surface area contributed by atoms with Gasteiger partial charge in [-0.2, -0.15) is 5.10 Å². The van der Waals surface area contributed by atoms with Gasteiger partial charge in [0.1, 0.15) is 0 Å². The standard InChI is InChI=1S/C19H26N4O2/c1-15(25)21-18-5-3-2-4-17(18)14-22-10-7-16(8-11-22)19-6-9-20-23(19)12-13-24/h2-6,9,16,24H,7-8,10-14H2,1H3,(H,21,25). The maximum Gasteiger partial charge on any atom is 0.221 e. The van der Waals surface area contributed by atoms with E-state index in [1.807, 2.05) is 29.1 Å². The molecular weight excluding hydrogens is 316 g/mol. The van der Waals surface area contributed by atoms with E-state index in [2.05, 4.69) is 27.4 Å². The van der Waals surface area contributed by atoms with E-state index < -0.39 is 0 Å². The second-order valence-corrected chi connectivity index (χ2v) is 6.59. The molecule has 1 saturated heterocycles. The number of aromatic nitrogens is 2.